The average Bonchev–Trinajstić information content (AvgIpc) is 2.67. The Morgan fingerprint density at radius 2 is 2.18 bits per heavy atom. The molecule has 0 aromatic carbocycles. The number of carbonyl (C=O) groups is 1. The summed E-state index contributed by atoms with van der Waals surface area (Å²) in [5.41, 5.74) is 1.42. The van der Waals surface area contributed by atoms with Crippen molar-refractivity contribution in [3.8, 4) is 0 Å². The number of Topliss-reactive ketones (excluding diaryl/α,β-unsaturated/α-hetero) is 1. The number of hydrogen-bond acceptors (Lipinski definition) is 1. The predicted molar refractivity (Wildman–Crippen MR) is 46.3 cm³/mol. The Morgan fingerprint density at radius 3 is 2.55 bits per heavy atom. The molecule has 0 aromatic heterocycles. The molecular weight excluding hydrogens is 136 g/mol. The molecule has 0 heterocycles. The lowest BCUT2D eigenvalue weighted by atomic mass is 10.1. The summed E-state index contributed by atoms with van der Waals surface area (Å²) < 4.78 is 0. The highest BCUT2D eigenvalue weighted by molar-refractivity contribution is 5.81. The van der Waals surface area contributed by atoms with E-state index in [1.807, 2.05) is 0 Å². The predicted octanol–water partition coefficient (Wildman–Crippen LogP) is 2.57. The van der Waals surface area contributed by atoms with Crippen molar-refractivity contribution in [2.75, 3.05) is 0 Å². The van der Waals surface area contributed by atoms with Gasteiger partial charge in [-0.1, -0.05) is 18.6 Å². The van der Waals surface area contributed by atoms with Crippen LogP contribution in [0.25, 0.3) is 0 Å². The lowest BCUT2D eigenvalue weighted by molar-refractivity contribution is -0.118. The van der Waals surface area contributed by atoms with Gasteiger partial charge in [-0.15, -0.1) is 0 Å². The van der Waals surface area contributed by atoms with Gasteiger partial charge in [0.1, 0.15) is 5.78 Å². The van der Waals surface area contributed by atoms with Crippen LogP contribution in [0.15, 0.2) is 11.6 Å². The van der Waals surface area contributed by atoms with Crippen LogP contribution >= 0.6 is 0 Å². The van der Waals surface area contributed by atoms with E-state index in [9.17, 15) is 4.79 Å². The van der Waals surface area contributed by atoms with Crippen LogP contribution in [-0.4, -0.2) is 5.78 Å². The standard InChI is InChI=1S/C10H16O/c1-4-7(2)5-9-6-10(9)8(3)11/h5,9-10H,4,6H2,1-3H3/b7-5+. The van der Waals surface area contributed by atoms with E-state index in [1.54, 1.807) is 6.92 Å². The maximum Gasteiger partial charge on any atom is 0.133 e. The van der Waals surface area contributed by atoms with Crippen molar-refractivity contribution in [2.45, 2.75) is 33.6 Å². The van der Waals surface area contributed by atoms with Gasteiger partial charge in [-0.05, 0) is 32.6 Å². The Balaban J connectivity index is 2.39. The van der Waals surface area contributed by atoms with Crippen LogP contribution in [0, 0.1) is 11.8 Å². The molecule has 1 aliphatic carbocycles. The van der Waals surface area contributed by atoms with Crippen molar-refractivity contribution in [1.29, 1.82) is 0 Å². The Hall–Kier alpha value is -0.590. The fourth-order valence-corrected chi connectivity index (χ4v) is 1.35. The van der Waals surface area contributed by atoms with E-state index in [0.717, 1.165) is 12.8 Å². The normalized spacial score (nSPS) is 30.3. The maximum atomic E-state index is 10.9. The third-order valence-corrected chi connectivity index (χ3v) is 2.42. The molecule has 0 aliphatic heterocycles. The first kappa shape index (κ1) is 8.51. The van der Waals surface area contributed by atoms with Gasteiger partial charge in [0, 0.05) is 5.92 Å². The lowest BCUT2D eigenvalue weighted by Gasteiger charge is -1.92. The van der Waals surface area contributed by atoms with Crippen LogP contribution in [0.2, 0.25) is 0 Å². The average molecular weight is 152 g/mol. The van der Waals surface area contributed by atoms with E-state index < -0.39 is 0 Å². The minimum absolute atomic E-state index is 0.357. The van der Waals surface area contributed by atoms with E-state index in [-0.39, 0.29) is 0 Å². The molecule has 0 aromatic rings. The molecule has 62 valence electrons. The summed E-state index contributed by atoms with van der Waals surface area (Å²) in [4.78, 5) is 10.9. The third kappa shape index (κ3) is 2.18. The van der Waals surface area contributed by atoms with Crippen LogP contribution in [0.5, 0.6) is 0 Å². The van der Waals surface area contributed by atoms with Crippen LogP contribution in [0.4, 0.5) is 0 Å². The largest absolute Gasteiger partial charge is 0.300 e. The van der Waals surface area contributed by atoms with Gasteiger partial charge in [-0.25, -0.2) is 0 Å². The molecule has 1 fully saturated rings. The van der Waals surface area contributed by atoms with Crippen molar-refractivity contribution in [3.05, 3.63) is 11.6 Å². The fourth-order valence-electron chi connectivity index (χ4n) is 1.35. The van der Waals surface area contributed by atoms with Gasteiger partial charge in [-0.2, -0.15) is 0 Å². The number of rotatable bonds is 3. The second kappa shape index (κ2) is 3.21. The first-order chi connectivity index (χ1) is 5.15. The van der Waals surface area contributed by atoms with Gasteiger partial charge in [-0.3, -0.25) is 4.79 Å². The van der Waals surface area contributed by atoms with Gasteiger partial charge in [0.2, 0.25) is 0 Å². The molecule has 1 rings (SSSR count). The Morgan fingerprint density at radius 1 is 1.55 bits per heavy atom. The van der Waals surface area contributed by atoms with Crippen LogP contribution in [0.3, 0.4) is 0 Å². The number of carbonyl (C=O) groups excluding carboxylic acids is 1. The summed E-state index contributed by atoms with van der Waals surface area (Å²) >= 11 is 0. The van der Waals surface area contributed by atoms with Crippen LogP contribution in [0.1, 0.15) is 33.6 Å². The molecule has 11 heavy (non-hydrogen) atoms. The van der Waals surface area contributed by atoms with E-state index in [4.69, 9.17) is 0 Å². The summed E-state index contributed by atoms with van der Waals surface area (Å²) in [5.74, 6) is 1.29. The molecule has 0 bridgehead atoms. The molecule has 0 N–H and O–H groups in total. The molecule has 0 radical (unpaired) electrons. The van der Waals surface area contributed by atoms with Crippen LogP contribution in [-0.2, 0) is 4.79 Å². The van der Waals surface area contributed by atoms with Gasteiger partial charge in [0.05, 0.1) is 0 Å². The third-order valence-electron chi connectivity index (χ3n) is 2.42. The summed E-state index contributed by atoms with van der Waals surface area (Å²) in [6.07, 6.45) is 4.46. The molecule has 1 saturated carbocycles. The molecule has 0 amide bonds. The molecule has 1 heteroatoms. The minimum Gasteiger partial charge on any atom is -0.300 e. The topological polar surface area (TPSA) is 17.1 Å². The second-order valence-electron chi connectivity index (χ2n) is 3.48. The smallest absolute Gasteiger partial charge is 0.133 e. The molecule has 0 spiro atoms. The quantitative estimate of drug-likeness (QED) is 0.568. The molecule has 2 atom stereocenters. The lowest BCUT2D eigenvalue weighted by Crippen LogP contribution is -1.93. The highest BCUT2D eigenvalue weighted by Gasteiger charge is 2.38. The first-order valence-electron chi connectivity index (χ1n) is 4.33. The highest BCUT2D eigenvalue weighted by Crippen LogP contribution is 2.41. The molecule has 1 aliphatic rings. The van der Waals surface area contributed by atoms with E-state index in [1.165, 1.54) is 5.57 Å². The van der Waals surface area contributed by atoms with E-state index in [2.05, 4.69) is 19.9 Å². The number of ketones is 1. The van der Waals surface area contributed by atoms with Gasteiger partial charge < -0.3 is 0 Å². The summed E-state index contributed by atoms with van der Waals surface area (Å²) in [7, 11) is 0. The molecule has 1 nitrogen and oxygen atoms in total. The fraction of sp³-hybridized carbons (Fsp3) is 0.700. The van der Waals surface area contributed by atoms with E-state index >= 15 is 0 Å². The molecular formula is C10H16O. The first-order valence-corrected chi connectivity index (χ1v) is 4.33. The molecule has 2 unspecified atom stereocenters. The maximum absolute atomic E-state index is 10.9. The monoisotopic (exact) mass is 152 g/mol. The van der Waals surface area contributed by atoms with Crippen molar-refractivity contribution in [2.24, 2.45) is 11.8 Å². The summed E-state index contributed by atoms with van der Waals surface area (Å²) in [6.45, 7) is 5.98. The van der Waals surface area contributed by atoms with Crippen molar-refractivity contribution in [3.63, 3.8) is 0 Å². The molecule has 0 saturated heterocycles. The van der Waals surface area contributed by atoms with Crippen LogP contribution < -0.4 is 0 Å². The highest BCUT2D eigenvalue weighted by atomic mass is 16.1. The van der Waals surface area contributed by atoms with Gasteiger partial charge in [0.15, 0.2) is 0 Å². The summed E-state index contributed by atoms with van der Waals surface area (Å²) in [5, 5.41) is 0. The van der Waals surface area contributed by atoms with Gasteiger partial charge >= 0.3 is 0 Å². The SMILES string of the molecule is CC/C(C)=C/C1CC1C(C)=O. The Bertz CT molecular complexity index is 191. The number of allylic oxidation sites excluding steroid dienone is 2. The minimum atomic E-state index is 0.357. The Kier molecular flexibility index (Phi) is 2.48. The zero-order chi connectivity index (χ0) is 8.43. The second-order valence-corrected chi connectivity index (χ2v) is 3.48. The summed E-state index contributed by atoms with van der Waals surface area (Å²) in [6, 6.07) is 0. The van der Waals surface area contributed by atoms with Crippen molar-refractivity contribution >= 4 is 5.78 Å². The number of hydrogen-bond donors (Lipinski definition) is 0. The van der Waals surface area contributed by atoms with Gasteiger partial charge in [0.25, 0.3) is 0 Å². The zero-order valence-corrected chi connectivity index (χ0v) is 7.55. The van der Waals surface area contributed by atoms with Crippen molar-refractivity contribution < 1.29 is 4.79 Å². The van der Waals surface area contributed by atoms with E-state index in [0.29, 0.717) is 17.6 Å². The zero-order valence-electron chi connectivity index (χ0n) is 7.55. The van der Waals surface area contributed by atoms with Crippen molar-refractivity contribution in [1.82, 2.24) is 0 Å². The Labute approximate surface area is 68.5 Å².